The van der Waals surface area contributed by atoms with Gasteiger partial charge in [0.25, 0.3) is 5.91 Å². The van der Waals surface area contributed by atoms with E-state index in [9.17, 15) is 9.59 Å². The van der Waals surface area contributed by atoms with E-state index in [4.69, 9.17) is 15.2 Å². The summed E-state index contributed by atoms with van der Waals surface area (Å²) in [7, 11) is 1.43. The maximum Gasteiger partial charge on any atom is 0.406 e. The molecule has 0 radical (unpaired) electrons. The van der Waals surface area contributed by atoms with Crippen molar-refractivity contribution >= 4 is 33.7 Å². The molecule has 1 aromatic heterocycles. The van der Waals surface area contributed by atoms with Crippen molar-refractivity contribution in [2.75, 3.05) is 32.6 Å². The molecular weight excluding hydrogens is 545 g/mol. The van der Waals surface area contributed by atoms with Gasteiger partial charge < -0.3 is 25.8 Å². The third-order valence-electron chi connectivity index (χ3n) is 6.09. The van der Waals surface area contributed by atoms with Crippen LogP contribution >= 0.6 is 15.9 Å². The van der Waals surface area contributed by atoms with E-state index in [0.29, 0.717) is 30.0 Å². The third-order valence-corrected chi connectivity index (χ3v) is 6.58. The fourth-order valence-corrected chi connectivity index (χ4v) is 4.49. The second kappa shape index (κ2) is 12.1. The summed E-state index contributed by atoms with van der Waals surface area (Å²) < 4.78 is 26.5. The van der Waals surface area contributed by atoms with Gasteiger partial charge in [-0.25, -0.2) is 19.2 Å². The van der Waals surface area contributed by atoms with Crippen LogP contribution in [0.5, 0.6) is 0 Å². The Bertz CT molecular complexity index is 1290. The highest BCUT2D eigenvalue weighted by molar-refractivity contribution is 9.10. The van der Waals surface area contributed by atoms with Crippen LogP contribution in [0.2, 0.25) is 0 Å². The number of carbonyl (C=O) groups is 2. The molecule has 0 saturated carbocycles. The van der Waals surface area contributed by atoms with Crippen molar-refractivity contribution < 1.29 is 23.5 Å². The Labute approximate surface area is 222 Å². The molecule has 0 unspecified atom stereocenters. The summed E-state index contributed by atoms with van der Waals surface area (Å²) in [5, 5.41) is 5.11. The van der Waals surface area contributed by atoms with Crippen LogP contribution < -0.4 is 16.4 Å². The lowest BCUT2D eigenvalue weighted by molar-refractivity contribution is 0.0844. The molecule has 3 aromatic rings. The number of benzene rings is 2. The molecule has 4 N–H and O–H groups in total. The van der Waals surface area contributed by atoms with Gasteiger partial charge in [0.05, 0.1) is 23.5 Å². The fraction of sp³-hybridized carbons (Fsp3) is 0.308. The predicted octanol–water partition coefficient (Wildman–Crippen LogP) is 4.35. The number of anilines is 1. The van der Waals surface area contributed by atoms with Gasteiger partial charge in [-0.05, 0) is 42.7 Å². The summed E-state index contributed by atoms with van der Waals surface area (Å²) >= 11 is 3.39. The van der Waals surface area contributed by atoms with Gasteiger partial charge in [0, 0.05) is 36.2 Å². The number of nitrogens with two attached hydrogens (primary N) is 1. The van der Waals surface area contributed by atoms with Gasteiger partial charge in [-0.1, -0.05) is 34.1 Å². The average Bonchev–Trinajstić information content (AvgIpc) is 2.91. The van der Waals surface area contributed by atoms with Crippen molar-refractivity contribution in [2.24, 2.45) is 0 Å². The lowest BCUT2D eigenvalue weighted by Crippen LogP contribution is -2.34. The zero-order valence-corrected chi connectivity index (χ0v) is 21.8. The van der Waals surface area contributed by atoms with Gasteiger partial charge in [0.2, 0.25) is 0 Å². The minimum Gasteiger partial charge on any atom is -0.447 e. The number of carbonyl (C=O) groups excluding carboxylic acids is 2. The lowest BCUT2D eigenvalue weighted by Gasteiger charge is -2.22. The van der Waals surface area contributed by atoms with Gasteiger partial charge in [-0.3, -0.25) is 4.79 Å². The first kappa shape index (κ1) is 26.5. The highest BCUT2D eigenvalue weighted by Gasteiger charge is 2.23. The molecule has 4 rings (SSSR count). The minimum absolute atomic E-state index is 0.146. The van der Waals surface area contributed by atoms with Gasteiger partial charge in [-0.15, -0.1) is 0 Å². The molecule has 1 aliphatic rings. The quantitative estimate of drug-likeness (QED) is 0.384. The Kier molecular flexibility index (Phi) is 8.67. The summed E-state index contributed by atoms with van der Waals surface area (Å²) in [6, 6.07) is 10.6. The first-order valence-electron chi connectivity index (χ1n) is 11.8. The van der Waals surface area contributed by atoms with E-state index in [2.05, 4.69) is 36.5 Å². The van der Waals surface area contributed by atoms with E-state index in [1.165, 1.54) is 19.2 Å². The maximum absolute atomic E-state index is 15.2. The Morgan fingerprint density at radius 3 is 2.73 bits per heavy atom. The smallest absolute Gasteiger partial charge is 0.406 e. The molecule has 37 heavy (non-hydrogen) atoms. The van der Waals surface area contributed by atoms with Gasteiger partial charge >= 0.3 is 6.09 Å². The van der Waals surface area contributed by atoms with Crippen LogP contribution in [0.15, 0.2) is 53.1 Å². The minimum atomic E-state index is -0.743. The summed E-state index contributed by atoms with van der Waals surface area (Å²) in [4.78, 5) is 33.6. The van der Waals surface area contributed by atoms with Crippen molar-refractivity contribution in [1.82, 2.24) is 20.6 Å². The van der Waals surface area contributed by atoms with E-state index in [1.54, 1.807) is 30.5 Å². The number of rotatable bonds is 7. The first-order valence-corrected chi connectivity index (χ1v) is 12.6. The molecule has 2 amide bonds. The van der Waals surface area contributed by atoms with Gasteiger partial charge in [0.1, 0.15) is 23.9 Å². The second-order valence-corrected chi connectivity index (χ2v) is 9.46. The standard InChI is InChI=1S/C26H27BrFN5O4/c1-30-26(35)37-14-22(16-3-2-4-18(27)11-16)33-25(34)19-6-5-17(12-20(19)28)23-24(29)31-13-21(32-23)15-7-9-36-10-8-15/h2-6,11-13,15,22H,7-10,14H2,1H3,(H2,29,31)(H,30,35)(H,33,34)/t22-/m1/s1. The summed E-state index contributed by atoms with van der Waals surface area (Å²) in [5.74, 6) is -1.03. The molecule has 1 fully saturated rings. The van der Waals surface area contributed by atoms with Crippen molar-refractivity contribution in [3.63, 3.8) is 0 Å². The molecule has 2 aromatic carbocycles. The van der Waals surface area contributed by atoms with E-state index >= 15 is 4.39 Å². The van der Waals surface area contributed by atoms with E-state index < -0.39 is 23.9 Å². The van der Waals surface area contributed by atoms with Crippen LogP contribution in [0, 0.1) is 5.82 Å². The van der Waals surface area contributed by atoms with Crippen molar-refractivity contribution in [1.29, 1.82) is 0 Å². The molecule has 2 heterocycles. The molecule has 194 valence electrons. The summed E-state index contributed by atoms with van der Waals surface area (Å²) in [5.41, 5.74) is 8.13. The van der Waals surface area contributed by atoms with Crippen LogP contribution in [0.3, 0.4) is 0 Å². The predicted molar refractivity (Wildman–Crippen MR) is 139 cm³/mol. The van der Waals surface area contributed by atoms with E-state index in [1.807, 2.05) is 6.07 Å². The number of alkyl carbamates (subject to hydrolysis) is 1. The zero-order valence-electron chi connectivity index (χ0n) is 20.2. The highest BCUT2D eigenvalue weighted by atomic mass is 79.9. The second-order valence-electron chi connectivity index (χ2n) is 8.54. The first-order chi connectivity index (χ1) is 17.9. The summed E-state index contributed by atoms with van der Waals surface area (Å²) in [6.45, 7) is 1.16. The SMILES string of the molecule is CNC(=O)OC[C@@H](NC(=O)c1ccc(-c2nc(C3CCOCC3)cnc2N)cc1F)c1cccc(Br)c1. The number of halogens is 2. The Hall–Kier alpha value is -3.57. The Balaban J connectivity index is 1.56. The number of nitrogens with one attached hydrogen (secondary N) is 2. The van der Waals surface area contributed by atoms with Crippen LogP contribution in [0.4, 0.5) is 15.0 Å². The molecule has 9 nitrogen and oxygen atoms in total. The van der Waals surface area contributed by atoms with E-state index in [0.717, 1.165) is 23.0 Å². The number of nitrogen functional groups attached to an aromatic ring is 1. The number of nitrogens with zero attached hydrogens (tertiary/aromatic N) is 2. The highest BCUT2D eigenvalue weighted by Crippen LogP contribution is 2.30. The third kappa shape index (κ3) is 6.60. The number of hydrogen-bond donors (Lipinski definition) is 3. The van der Waals surface area contributed by atoms with Crippen LogP contribution in [0.1, 0.15) is 46.4 Å². The number of aromatic nitrogens is 2. The molecule has 1 saturated heterocycles. The van der Waals surface area contributed by atoms with Crippen LogP contribution in [-0.4, -0.2) is 48.8 Å². The topological polar surface area (TPSA) is 128 Å². The Morgan fingerprint density at radius 1 is 1.24 bits per heavy atom. The normalized spacial score (nSPS) is 14.6. The average molecular weight is 572 g/mol. The van der Waals surface area contributed by atoms with Gasteiger partial charge in [0.15, 0.2) is 0 Å². The van der Waals surface area contributed by atoms with E-state index in [-0.39, 0.29) is 23.9 Å². The Morgan fingerprint density at radius 2 is 2.03 bits per heavy atom. The largest absolute Gasteiger partial charge is 0.447 e. The van der Waals surface area contributed by atoms with Crippen LogP contribution in [-0.2, 0) is 9.47 Å². The molecule has 1 aliphatic heterocycles. The molecular formula is C26H27BrFN5O4. The van der Waals surface area contributed by atoms with Crippen molar-refractivity contribution in [3.8, 4) is 11.3 Å². The summed E-state index contributed by atoms with van der Waals surface area (Å²) in [6.07, 6.45) is 2.66. The maximum atomic E-state index is 15.2. The van der Waals surface area contributed by atoms with Crippen molar-refractivity contribution in [3.05, 3.63) is 75.8 Å². The molecule has 1 atom stereocenters. The molecule has 0 aliphatic carbocycles. The number of amides is 2. The lowest BCUT2D eigenvalue weighted by atomic mass is 9.96. The molecule has 11 heteroatoms. The molecule has 0 bridgehead atoms. The number of ether oxygens (including phenoxy) is 2. The fourth-order valence-electron chi connectivity index (χ4n) is 4.07. The monoisotopic (exact) mass is 571 g/mol. The number of hydrogen-bond acceptors (Lipinski definition) is 7. The zero-order chi connectivity index (χ0) is 26.4. The molecule has 0 spiro atoms. The van der Waals surface area contributed by atoms with Gasteiger partial charge in [-0.2, -0.15) is 0 Å². The van der Waals surface area contributed by atoms with Crippen molar-refractivity contribution in [2.45, 2.75) is 24.8 Å². The van der Waals surface area contributed by atoms with Crippen LogP contribution in [0.25, 0.3) is 11.3 Å².